The van der Waals surface area contributed by atoms with Gasteiger partial charge in [0.25, 0.3) is 0 Å². The number of nitrogens with zero attached hydrogens (tertiary/aromatic N) is 6. The van der Waals surface area contributed by atoms with Crippen LogP contribution >= 0.6 is 0 Å². The number of anilines is 1. The highest BCUT2D eigenvalue weighted by molar-refractivity contribution is 5.67. The fourth-order valence-electron chi connectivity index (χ4n) is 2.96. The van der Waals surface area contributed by atoms with E-state index in [0.717, 1.165) is 11.4 Å². The first-order valence-corrected chi connectivity index (χ1v) is 9.25. The Morgan fingerprint density at radius 1 is 0.966 bits per heavy atom. The summed E-state index contributed by atoms with van der Waals surface area (Å²) >= 11 is 0. The molecule has 0 bridgehead atoms. The highest BCUT2D eigenvalue weighted by atomic mass is 19.1. The number of rotatable bonds is 5. The van der Waals surface area contributed by atoms with E-state index in [1.54, 1.807) is 29.1 Å². The fraction of sp³-hybridized carbons (Fsp3) is 0.190. The number of nitrogens with two attached hydrogens (primary N) is 1. The van der Waals surface area contributed by atoms with Crippen LogP contribution in [0.2, 0.25) is 0 Å². The molecule has 4 rings (SSSR count). The van der Waals surface area contributed by atoms with Gasteiger partial charge in [-0.2, -0.15) is 0 Å². The van der Waals surface area contributed by atoms with Crippen LogP contribution in [0.25, 0.3) is 22.6 Å². The Bertz CT molecular complexity index is 1150. The second kappa shape index (κ2) is 7.75. The zero-order chi connectivity index (χ0) is 20.4. The first-order valence-electron chi connectivity index (χ1n) is 9.25. The molecule has 0 spiro atoms. The average Bonchev–Trinajstić information content (AvgIpc) is 3.16. The second-order valence-electron chi connectivity index (χ2n) is 7.02. The zero-order valence-corrected chi connectivity index (χ0v) is 16.1. The molecule has 146 valence electrons. The normalized spacial score (nSPS) is 11.2. The van der Waals surface area contributed by atoms with Crippen LogP contribution in [0.15, 0.2) is 54.7 Å². The SMILES string of the molecule is CC(C)c1cccc(Cn2cc(-c3cc(-c4cccc(F)c4)nc(N)n3)nn2)n1. The summed E-state index contributed by atoms with van der Waals surface area (Å²) in [6.45, 7) is 4.70. The van der Waals surface area contributed by atoms with Crippen molar-refractivity contribution in [2.45, 2.75) is 26.3 Å². The molecule has 0 fully saturated rings. The summed E-state index contributed by atoms with van der Waals surface area (Å²) in [6.07, 6.45) is 1.78. The third-order valence-corrected chi connectivity index (χ3v) is 4.41. The Hall–Kier alpha value is -3.68. The van der Waals surface area contributed by atoms with Crippen LogP contribution in [0.5, 0.6) is 0 Å². The van der Waals surface area contributed by atoms with E-state index in [2.05, 4.69) is 39.1 Å². The minimum Gasteiger partial charge on any atom is -0.368 e. The standard InChI is InChI=1S/C21H20FN7/c1-13(2)17-8-4-7-16(24-17)11-29-12-20(27-28-29)19-10-18(25-21(23)26-19)14-5-3-6-15(22)9-14/h3-10,12-13H,11H2,1-2H3,(H2,23,25,26). The van der Waals surface area contributed by atoms with E-state index in [-0.39, 0.29) is 11.8 Å². The molecule has 0 aliphatic carbocycles. The van der Waals surface area contributed by atoms with E-state index in [9.17, 15) is 4.39 Å². The molecule has 1 aromatic carbocycles. The van der Waals surface area contributed by atoms with Crippen LogP contribution in [-0.4, -0.2) is 29.9 Å². The summed E-state index contributed by atoms with van der Waals surface area (Å²) in [5, 5.41) is 8.37. The monoisotopic (exact) mass is 389 g/mol. The molecule has 0 atom stereocenters. The largest absolute Gasteiger partial charge is 0.368 e. The fourth-order valence-corrected chi connectivity index (χ4v) is 2.96. The van der Waals surface area contributed by atoms with Crippen molar-refractivity contribution in [2.24, 2.45) is 0 Å². The molecule has 2 N–H and O–H groups in total. The van der Waals surface area contributed by atoms with Crippen molar-refractivity contribution in [3.05, 3.63) is 71.9 Å². The lowest BCUT2D eigenvalue weighted by Crippen LogP contribution is -2.04. The van der Waals surface area contributed by atoms with Gasteiger partial charge in [-0.3, -0.25) is 4.98 Å². The molecule has 7 nitrogen and oxygen atoms in total. The van der Waals surface area contributed by atoms with Gasteiger partial charge in [-0.05, 0) is 36.2 Å². The molecular formula is C21H20FN7. The molecule has 0 aliphatic rings. The van der Waals surface area contributed by atoms with Gasteiger partial charge in [-0.1, -0.05) is 37.3 Å². The van der Waals surface area contributed by atoms with Crippen molar-refractivity contribution in [1.82, 2.24) is 29.9 Å². The molecule has 29 heavy (non-hydrogen) atoms. The highest BCUT2D eigenvalue weighted by Gasteiger charge is 2.12. The number of aromatic nitrogens is 6. The number of benzene rings is 1. The van der Waals surface area contributed by atoms with Crippen LogP contribution in [0.1, 0.15) is 31.2 Å². The lowest BCUT2D eigenvalue weighted by molar-refractivity contribution is 0.628. The molecule has 0 saturated heterocycles. The summed E-state index contributed by atoms with van der Waals surface area (Å²) in [7, 11) is 0. The molecule has 4 aromatic rings. The lowest BCUT2D eigenvalue weighted by Gasteiger charge is -2.06. The Morgan fingerprint density at radius 3 is 2.55 bits per heavy atom. The average molecular weight is 389 g/mol. The molecule has 0 radical (unpaired) electrons. The second-order valence-corrected chi connectivity index (χ2v) is 7.02. The van der Waals surface area contributed by atoms with Gasteiger partial charge >= 0.3 is 0 Å². The minimum atomic E-state index is -0.344. The van der Waals surface area contributed by atoms with E-state index in [1.807, 2.05) is 18.2 Å². The maximum absolute atomic E-state index is 13.6. The number of halogens is 1. The summed E-state index contributed by atoms with van der Waals surface area (Å²) in [5.74, 6) is 0.0948. The van der Waals surface area contributed by atoms with Gasteiger partial charge in [0, 0.05) is 11.3 Å². The molecule has 3 aromatic heterocycles. The van der Waals surface area contributed by atoms with Gasteiger partial charge in [0.15, 0.2) is 0 Å². The van der Waals surface area contributed by atoms with E-state index in [0.29, 0.717) is 35.1 Å². The zero-order valence-electron chi connectivity index (χ0n) is 16.1. The van der Waals surface area contributed by atoms with Crippen molar-refractivity contribution in [3.63, 3.8) is 0 Å². The van der Waals surface area contributed by atoms with Crippen LogP contribution in [-0.2, 0) is 6.54 Å². The van der Waals surface area contributed by atoms with Crippen LogP contribution in [0.4, 0.5) is 10.3 Å². The third-order valence-electron chi connectivity index (χ3n) is 4.41. The van der Waals surface area contributed by atoms with Gasteiger partial charge in [0.05, 0.1) is 29.8 Å². The quantitative estimate of drug-likeness (QED) is 0.559. The van der Waals surface area contributed by atoms with Gasteiger partial charge in [0.1, 0.15) is 11.5 Å². The predicted molar refractivity (Wildman–Crippen MR) is 108 cm³/mol. The predicted octanol–water partition coefficient (Wildman–Crippen LogP) is 3.69. The van der Waals surface area contributed by atoms with Crippen molar-refractivity contribution >= 4 is 5.95 Å². The summed E-state index contributed by atoms with van der Waals surface area (Å²) in [4.78, 5) is 13.1. The summed E-state index contributed by atoms with van der Waals surface area (Å²) < 4.78 is 15.3. The number of nitrogen functional groups attached to an aromatic ring is 1. The van der Waals surface area contributed by atoms with Crippen molar-refractivity contribution < 1.29 is 4.39 Å². The molecule has 0 aliphatic heterocycles. The minimum absolute atomic E-state index is 0.0858. The first-order chi connectivity index (χ1) is 14.0. The van der Waals surface area contributed by atoms with Gasteiger partial charge < -0.3 is 5.73 Å². The Morgan fingerprint density at radius 2 is 1.76 bits per heavy atom. The van der Waals surface area contributed by atoms with Gasteiger partial charge in [-0.15, -0.1) is 5.10 Å². The maximum Gasteiger partial charge on any atom is 0.221 e. The third kappa shape index (κ3) is 4.26. The molecule has 0 unspecified atom stereocenters. The van der Waals surface area contributed by atoms with E-state index >= 15 is 0 Å². The van der Waals surface area contributed by atoms with E-state index in [1.165, 1.54) is 12.1 Å². The number of pyridine rings is 1. The first kappa shape index (κ1) is 18.7. The van der Waals surface area contributed by atoms with Gasteiger partial charge in [0.2, 0.25) is 5.95 Å². The number of hydrogen-bond donors (Lipinski definition) is 1. The smallest absolute Gasteiger partial charge is 0.221 e. The van der Waals surface area contributed by atoms with Crippen LogP contribution < -0.4 is 5.73 Å². The summed E-state index contributed by atoms with van der Waals surface area (Å²) in [5.41, 5.74) is 10.0. The van der Waals surface area contributed by atoms with Crippen molar-refractivity contribution in [2.75, 3.05) is 5.73 Å². The topological polar surface area (TPSA) is 95.4 Å². The van der Waals surface area contributed by atoms with Crippen LogP contribution in [0, 0.1) is 5.82 Å². The maximum atomic E-state index is 13.6. The molecular weight excluding hydrogens is 369 g/mol. The highest BCUT2D eigenvalue weighted by Crippen LogP contribution is 2.24. The Balaban J connectivity index is 1.62. The molecule has 0 amide bonds. The Kier molecular flexibility index (Phi) is 4.99. The van der Waals surface area contributed by atoms with Crippen molar-refractivity contribution in [1.29, 1.82) is 0 Å². The van der Waals surface area contributed by atoms with E-state index < -0.39 is 0 Å². The summed E-state index contributed by atoms with van der Waals surface area (Å²) in [6, 6.07) is 13.8. The number of hydrogen-bond acceptors (Lipinski definition) is 6. The molecule has 3 heterocycles. The molecule has 8 heteroatoms. The van der Waals surface area contributed by atoms with Crippen molar-refractivity contribution in [3.8, 4) is 22.6 Å². The Labute approximate surface area is 167 Å². The van der Waals surface area contributed by atoms with Gasteiger partial charge in [-0.25, -0.2) is 19.0 Å². The lowest BCUT2D eigenvalue weighted by atomic mass is 10.1. The van der Waals surface area contributed by atoms with Crippen LogP contribution in [0.3, 0.4) is 0 Å². The van der Waals surface area contributed by atoms with E-state index in [4.69, 9.17) is 5.73 Å². The molecule has 0 saturated carbocycles.